The molecule has 3 heterocycles. The average Bonchev–Trinajstić information content (AvgIpc) is 3.61. The highest BCUT2D eigenvalue weighted by atomic mass is 16.2. The minimum Gasteiger partial charge on any atom is -0.341 e. The molecule has 7 nitrogen and oxygen atoms in total. The minimum atomic E-state index is -0.477. The zero-order valence-electron chi connectivity index (χ0n) is 40.1. The zero-order chi connectivity index (χ0) is 44.9. The fourth-order valence-corrected chi connectivity index (χ4v) is 10.7. The summed E-state index contributed by atoms with van der Waals surface area (Å²) in [5, 5.41) is 0. The fourth-order valence-electron chi connectivity index (χ4n) is 10.7. The van der Waals surface area contributed by atoms with Crippen LogP contribution in [0.25, 0.3) is 0 Å². The molecule has 3 atom stereocenters. The van der Waals surface area contributed by atoms with Gasteiger partial charge in [0.1, 0.15) is 5.57 Å². The molecular formula is C55H76N4O3. The highest BCUT2D eigenvalue weighted by Gasteiger charge is 2.47. The molecule has 1 saturated heterocycles. The molecule has 6 rings (SSSR count). The van der Waals surface area contributed by atoms with Gasteiger partial charge < -0.3 is 9.80 Å². The number of nitrogens with zero attached hydrogens (tertiary/aromatic N) is 4. The van der Waals surface area contributed by atoms with Crippen molar-refractivity contribution in [2.45, 2.75) is 189 Å². The lowest BCUT2D eigenvalue weighted by Crippen LogP contribution is -2.59. The van der Waals surface area contributed by atoms with Gasteiger partial charge in [0.15, 0.2) is 0 Å². The standard InChI is InChI=1S/C55H76N4O3/c1-12-16-18-26-40(7)59-52(61)50(51(60)56(53(59)62)37-17-13-2)49-41(33-35-47-54(8,9)43-29-19-21-31-45(43)57(47)38(5)24-14-3)27-23-28-42(49)34-36-48-55(10,11)44-30-20-22-32-46(44)58(48)39(6)25-15-4/h19-22,29-36,38-40H,12-18,23-28,37H2,1-11H3/b41-33+,42-34+,47-35+,48-36+,50-49?. The number of hydrogen-bond donors (Lipinski definition) is 0. The predicted octanol–water partition coefficient (Wildman–Crippen LogP) is 13.6. The summed E-state index contributed by atoms with van der Waals surface area (Å²) in [6.07, 6.45) is 20.8. The van der Waals surface area contributed by atoms with Gasteiger partial charge in [0.2, 0.25) is 0 Å². The number of para-hydroxylation sites is 2. The van der Waals surface area contributed by atoms with E-state index in [4.69, 9.17) is 0 Å². The largest absolute Gasteiger partial charge is 0.341 e. The third kappa shape index (κ3) is 8.79. The first-order chi connectivity index (χ1) is 29.7. The number of carbonyl (C=O) groups excluding carboxylic acids is 3. The van der Waals surface area contributed by atoms with E-state index in [-0.39, 0.29) is 41.1 Å². The molecule has 4 amide bonds. The van der Waals surface area contributed by atoms with Gasteiger partial charge in [-0.2, -0.15) is 0 Å². The molecule has 1 aliphatic carbocycles. The second kappa shape index (κ2) is 19.8. The predicted molar refractivity (Wildman–Crippen MR) is 258 cm³/mol. The van der Waals surface area contributed by atoms with Crippen LogP contribution in [0.4, 0.5) is 16.2 Å². The van der Waals surface area contributed by atoms with Gasteiger partial charge in [0.25, 0.3) is 11.8 Å². The van der Waals surface area contributed by atoms with Crippen LogP contribution in [0.2, 0.25) is 0 Å². The second-order valence-corrected chi connectivity index (χ2v) is 19.5. The number of unbranched alkanes of at least 4 members (excludes halogenated alkanes) is 3. The third-order valence-electron chi connectivity index (χ3n) is 14.2. The van der Waals surface area contributed by atoms with Crippen molar-refractivity contribution in [3.63, 3.8) is 0 Å². The summed E-state index contributed by atoms with van der Waals surface area (Å²) in [6, 6.07) is 17.3. The summed E-state index contributed by atoms with van der Waals surface area (Å²) in [5.41, 5.74) is 9.84. The molecule has 0 bridgehead atoms. The first-order valence-corrected chi connectivity index (χ1v) is 24.2. The molecule has 0 aromatic heterocycles. The topological polar surface area (TPSA) is 64.2 Å². The van der Waals surface area contributed by atoms with E-state index in [0.717, 1.165) is 81.8 Å². The molecule has 0 spiro atoms. The average molecular weight is 841 g/mol. The molecule has 2 fully saturated rings. The van der Waals surface area contributed by atoms with E-state index in [1.165, 1.54) is 43.7 Å². The Morgan fingerprint density at radius 3 is 1.48 bits per heavy atom. The number of allylic oxidation sites excluding steroid dienone is 9. The van der Waals surface area contributed by atoms with E-state index in [9.17, 15) is 4.79 Å². The van der Waals surface area contributed by atoms with Crippen molar-refractivity contribution >= 4 is 29.2 Å². The summed E-state index contributed by atoms with van der Waals surface area (Å²) in [4.78, 5) is 52.3. The number of anilines is 2. The van der Waals surface area contributed by atoms with Crippen molar-refractivity contribution in [2.75, 3.05) is 16.3 Å². The smallest absolute Gasteiger partial charge is 0.334 e. The summed E-state index contributed by atoms with van der Waals surface area (Å²) in [7, 11) is 0. The number of carbonyl (C=O) groups is 3. The SMILES string of the molecule is CCCCCC(C)N1C(=O)C(=C2/C(=C/C=C3/N(C(C)CCC)c4ccccc4C3(C)C)CCC/C2=C\C=C2\N(C(C)CCC)c3ccccc3C2(C)C)C(=O)N(CCCC)C1=O. The van der Waals surface area contributed by atoms with Crippen LogP contribution in [0.15, 0.2) is 107 Å². The van der Waals surface area contributed by atoms with Crippen molar-refractivity contribution in [2.24, 2.45) is 0 Å². The van der Waals surface area contributed by atoms with Crippen LogP contribution < -0.4 is 9.80 Å². The Balaban J connectivity index is 1.60. The zero-order valence-corrected chi connectivity index (χ0v) is 40.1. The Morgan fingerprint density at radius 1 is 0.548 bits per heavy atom. The molecule has 3 aliphatic heterocycles. The second-order valence-electron chi connectivity index (χ2n) is 19.5. The third-order valence-corrected chi connectivity index (χ3v) is 14.2. The number of fused-ring (bicyclic) bond motifs is 2. The lowest BCUT2D eigenvalue weighted by molar-refractivity contribution is -0.137. The first-order valence-electron chi connectivity index (χ1n) is 24.2. The van der Waals surface area contributed by atoms with Crippen LogP contribution in [0, 0.1) is 0 Å². The fraction of sp³-hybridized carbons (Fsp3) is 0.545. The molecule has 0 N–H and O–H groups in total. The first kappa shape index (κ1) is 46.8. The maximum absolute atomic E-state index is 15.2. The van der Waals surface area contributed by atoms with E-state index >= 15 is 9.59 Å². The number of amides is 4. The molecule has 4 aliphatic rings. The molecule has 2 aromatic carbocycles. The number of barbiturate groups is 1. The monoisotopic (exact) mass is 841 g/mol. The summed E-state index contributed by atoms with van der Waals surface area (Å²) < 4.78 is 0. The van der Waals surface area contributed by atoms with Crippen molar-refractivity contribution in [1.29, 1.82) is 0 Å². The van der Waals surface area contributed by atoms with Gasteiger partial charge in [-0.3, -0.25) is 19.4 Å². The number of urea groups is 1. The van der Waals surface area contributed by atoms with E-state index < -0.39 is 17.8 Å². The number of hydrogen-bond acceptors (Lipinski definition) is 5. The Morgan fingerprint density at radius 2 is 1.02 bits per heavy atom. The van der Waals surface area contributed by atoms with Gasteiger partial charge in [-0.25, -0.2) is 4.79 Å². The van der Waals surface area contributed by atoms with Gasteiger partial charge in [0.05, 0.1) is 0 Å². The number of rotatable bonds is 16. The van der Waals surface area contributed by atoms with Gasteiger partial charge in [-0.15, -0.1) is 0 Å². The van der Waals surface area contributed by atoms with Gasteiger partial charge in [0, 0.05) is 58.3 Å². The highest BCUT2D eigenvalue weighted by Crippen LogP contribution is 2.51. The van der Waals surface area contributed by atoms with E-state index in [1.54, 1.807) is 0 Å². The maximum Gasteiger partial charge on any atom is 0.334 e. The number of benzene rings is 2. The Labute approximate surface area is 374 Å². The van der Waals surface area contributed by atoms with Crippen LogP contribution in [0.3, 0.4) is 0 Å². The summed E-state index contributed by atoms with van der Waals surface area (Å²) >= 11 is 0. The Bertz CT molecular complexity index is 2040. The molecule has 0 radical (unpaired) electrons. The van der Waals surface area contributed by atoms with Gasteiger partial charge in [-0.05, 0) is 118 Å². The Hall–Kier alpha value is -4.65. The van der Waals surface area contributed by atoms with Crippen molar-refractivity contribution in [3.05, 3.63) is 118 Å². The summed E-state index contributed by atoms with van der Waals surface area (Å²) in [5.74, 6) is -0.914. The van der Waals surface area contributed by atoms with E-state index in [1.807, 2.05) is 6.92 Å². The molecule has 1 saturated carbocycles. The van der Waals surface area contributed by atoms with E-state index in [2.05, 4.69) is 152 Å². The van der Waals surface area contributed by atoms with Crippen LogP contribution in [0.1, 0.15) is 171 Å². The van der Waals surface area contributed by atoms with Crippen molar-refractivity contribution in [3.8, 4) is 0 Å². The van der Waals surface area contributed by atoms with Crippen LogP contribution in [-0.2, 0) is 20.4 Å². The molecular weight excluding hydrogens is 765 g/mol. The lowest BCUT2D eigenvalue weighted by Gasteiger charge is -2.39. The van der Waals surface area contributed by atoms with Crippen molar-refractivity contribution in [1.82, 2.24) is 9.80 Å². The van der Waals surface area contributed by atoms with Gasteiger partial charge >= 0.3 is 6.03 Å². The minimum absolute atomic E-state index is 0.146. The maximum atomic E-state index is 15.2. The quantitative estimate of drug-likeness (QED) is 0.0957. The molecule has 3 unspecified atom stereocenters. The molecule has 7 heteroatoms. The normalized spacial score (nSPS) is 22.7. The van der Waals surface area contributed by atoms with Gasteiger partial charge in [-0.1, -0.05) is 142 Å². The molecule has 2 aromatic rings. The van der Waals surface area contributed by atoms with Crippen molar-refractivity contribution < 1.29 is 14.4 Å². The summed E-state index contributed by atoms with van der Waals surface area (Å²) in [6.45, 7) is 24.8. The van der Waals surface area contributed by atoms with Crippen LogP contribution in [-0.4, -0.2) is 52.3 Å². The Kier molecular flexibility index (Phi) is 15.0. The molecule has 62 heavy (non-hydrogen) atoms. The van der Waals surface area contributed by atoms with E-state index in [0.29, 0.717) is 18.4 Å². The van der Waals surface area contributed by atoms with Crippen LogP contribution in [0.5, 0.6) is 0 Å². The lowest BCUT2D eigenvalue weighted by atomic mass is 9.79. The molecule has 334 valence electrons. The van der Waals surface area contributed by atoms with Crippen LogP contribution >= 0.6 is 0 Å². The highest BCUT2D eigenvalue weighted by molar-refractivity contribution is 6.30. The number of imide groups is 2.